The average Bonchev–Trinajstić information content (AvgIpc) is 3.92. The number of aliphatic hydroxyl groups is 1. The Morgan fingerprint density at radius 3 is 2.54 bits per heavy atom. The molecule has 0 amide bonds. The Hall–Kier alpha value is -4.65. The Labute approximate surface area is 359 Å². The van der Waals surface area contributed by atoms with Gasteiger partial charge in [-0.05, 0) is 67.8 Å². The lowest BCUT2D eigenvalue weighted by Gasteiger charge is -2.64. The second-order valence-corrected chi connectivity index (χ2v) is 18.9. The Morgan fingerprint density at radius 2 is 1.84 bits per heavy atom. The maximum Gasteiger partial charge on any atom is 0.322 e. The average molecular weight is 835 g/mol. The van der Waals surface area contributed by atoms with E-state index in [9.17, 15) is 14.7 Å². The van der Waals surface area contributed by atoms with Crippen LogP contribution in [0.1, 0.15) is 82.7 Å². The van der Waals surface area contributed by atoms with Gasteiger partial charge in [0.2, 0.25) is 0 Å². The van der Waals surface area contributed by atoms with Gasteiger partial charge in [0.15, 0.2) is 5.60 Å². The molecule has 6 aliphatic rings. The van der Waals surface area contributed by atoms with Gasteiger partial charge in [0, 0.05) is 90.9 Å². The summed E-state index contributed by atoms with van der Waals surface area (Å²) in [6.45, 7) is 12.8. The van der Waals surface area contributed by atoms with Crippen LogP contribution in [0.15, 0.2) is 60.2 Å². The fourth-order valence-corrected chi connectivity index (χ4v) is 13.3. The summed E-state index contributed by atoms with van der Waals surface area (Å²) >= 11 is 0. The molecule has 2 N–H and O–H groups in total. The number of aromatic nitrogens is 1. The zero-order valence-corrected chi connectivity index (χ0v) is 37.0. The van der Waals surface area contributed by atoms with Gasteiger partial charge in [0.25, 0.3) is 0 Å². The maximum atomic E-state index is 15.4. The summed E-state index contributed by atoms with van der Waals surface area (Å²) in [6, 6.07) is 11.6. The number of aromatic amines is 1. The molecule has 0 radical (unpaired) electrons. The molecule has 12 nitrogen and oxygen atoms in total. The van der Waals surface area contributed by atoms with Crippen molar-refractivity contribution in [3.05, 3.63) is 82.6 Å². The zero-order chi connectivity index (χ0) is 43.2. The number of methoxy groups -OCH3 is 2. The number of esters is 3. The molecule has 326 valence electrons. The summed E-state index contributed by atoms with van der Waals surface area (Å²) in [5.41, 5.74) is 2.00. The number of hydrogen-bond donors (Lipinski definition) is 2. The lowest BCUT2D eigenvalue weighted by molar-refractivity contribution is -0.233. The maximum absolute atomic E-state index is 15.4. The normalized spacial score (nSPS) is 33.7. The second-order valence-electron chi connectivity index (χ2n) is 18.9. The predicted molar refractivity (Wildman–Crippen MR) is 233 cm³/mol. The van der Waals surface area contributed by atoms with Crippen molar-refractivity contribution in [2.45, 2.75) is 101 Å². The summed E-state index contributed by atoms with van der Waals surface area (Å²) in [5, 5.41) is 14.8. The molecule has 3 aromatic rings. The number of nitrogens with zero attached hydrogens (tertiary/aromatic N) is 3. The van der Waals surface area contributed by atoms with Crippen molar-refractivity contribution in [1.29, 1.82) is 0 Å². The first-order valence-corrected chi connectivity index (χ1v) is 22.3. The molecule has 5 aliphatic heterocycles. The topological polar surface area (TPSA) is 134 Å². The number of likely N-dealkylation sites (N-methyl/N-ethyl adjacent to an activating group) is 1. The number of para-hydroxylation sites is 1. The molecular weight excluding hydrogens is 773 g/mol. The lowest BCUT2D eigenvalue weighted by Crippen LogP contribution is -2.80. The van der Waals surface area contributed by atoms with E-state index in [1.807, 2.05) is 19.2 Å². The van der Waals surface area contributed by atoms with Crippen LogP contribution in [0.25, 0.3) is 10.9 Å². The van der Waals surface area contributed by atoms with Crippen molar-refractivity contribution < 1.29 is 38.4 Å². The molecule has 61 heavy (non-hydrogen) atoms. The van der Waals surface area contributed by atoms with Crippen LogP contribution in [-0.2, 0) is 45.8 Å². The monoisotopic (exact) mass is 834 g/mol. The smallest absolute Gasteiger partial charge is 0.322 e. The Bertz CT molecular complexity index is 2330. The summed E-state index contributed by atoms with van der Waals surface area (Å²) < 4.78 is 24.8. The first kappa shape index (κ1) is 41.7. The van der Waals surface area contributed by atoms with Gasteiger partial charge in [-0.3, -0.25) is 24.2 Å². The number of ether oxygens (including phenoxy) is 4. The van der Waals surface area contributed by atoms with E-state index < -0.39 is 51.8 Å². The SMILES string of the molecule is CCC1=C[C@@H]2CN(CCc3c([nH]c4ccccc34)[C@@](C(=O)OC)(c3cc4c(cc3OC)N(C)[C@H]3C(O)(COC(=O)C(C)C)[C@H](OC(C)=O)[C@]5(CC)C=CCN6CC[C@]43[C@@H]65)C2)C1. The van der Waals surface area contributed by atoms with E-state index in [4.69, 9.17) is 18.9 Å². The third kappa shape index (κ3) is 5.83. The Kier molecular flexibility index (Phi) is 10.3. The Morgan fingerprint density at radius 1 is 1.05 bits per heavy atom. The number of nitrogens with one attached hydrogen (secondary N) is 1. The molecule has 1 saturated carbocycles. The lowest BCUT2D eigenvalue weighted by atomic mass is 9.47. The quantitative estimate of drug-likeness (QED) is 0.154. The van der Waals surface area contributed by atoms with Crippen LogP contribution < -0.4 is 9.64 Å². The van der Waals surface area contributed by atoms with E-state index in [1.165, 1.54) is 19.6 Å². The highest BCUT2D eigenvalue weighted by Gasteiger charge is 2.78. The minimum atomic E-state index is -1.85. The summed E-state index contributed by atoms with van der Waals surface area (Å²) in [5.74, 6) is -1.18. The van der Waals surface area contributed by atoms with Gasteiger partial charge < -0.3 is 33.9 Å². The summed E-state index contributed by atoms with van der Waals surface area (Å²) in [7, 11) is 5.10. The van der Waals surface area contributed by atoms with Crippen LogP contribution in [0, 0.1) is 17.3 Å². The molecule has 1 aliphatic carbocycles. The minimum Gasteiger partial charge on any atom is -0.496 e. The Balaban J connectivity index is 1.35. The predicted octanol–water partition coefficient (Wildman–Crippen LogP) is 5.82. The molecule has 9 rings (SSSR count). The number of anilines is 1. The van der Waals surface area contributed by atoms with Crippen LogP contribution in [0.2, 0.25) is 0 Å². The molecule has 2 aromatic carbocycles. The molecule has 2 fully saturated rings. The number of hydrogen-bond acceptors (Lipinski definition) is 11. The van der Waals surface area contributed by atoms with E-state index in [0.717, 1.165) is 72.4 Å². The summed E-state index contributed by atoms with van der Waals surface area (Å²) in [6.07, 6.45) is 8.97. The minimum absolute atomic E-state index is 0.0322. The van der Waals surface area contributed by atoms with E-state index in [1.54, 1.807) is 21.0 Å². The number of benzene rings is 2. The summed E-state index contributed by atoms with van der Waals surface area (Å²) in [4.78, 5) is 52.7. The molecule has 1 saturated heterocycles. The van der Waals surface area contributed by atoms with Gasteiger partial charge in [-0.2, -0.15) is 0 Å². The highest BCUT2D eigenvalue weighted by molar-refractivity contribution is 5.94. The van der Waals surface area contributed by atoms with Gasteiger partial charge in [-0.15, -0.1) is 0 Å². The third-order valence-electron chi connectivity index (χ3n) is 15.6. The zero-order valence-electron chi connectivity index (χ0n) is 37.0. The first-order valence-electron chi connectivity index (χ1n) is 22.3. The number of H-pyrrole nitrogens is 1. The van der Waals surface area contributed by atoms with Crippen LogP contribution in [-0.4, -0.2) is 122 Å². The number of fused-ring (bicyclic) bond motifs is 6. The number of carbonyl (C=O) groups excluding carboxylic acids is 3. The molecule has 9 atom stereocenters. The molecular formula is C49H62N4O8. The van der Waals surface area contributed by atoms with Gasteiger partial charge in [0.1, 0.15) is 23.9 Å². The van der Waals surface area contributed by atoms with E-state index in [0.29, 0.717) is 37.1 Å². The molecule has 6 heterocycles. The van der Waals surface area contributed by atoms with Crippen LogP contribution in [0.5, 0.6) is 5.75 Å². The van der Waals surface area contributed by atoms with Crippen LogP contribution in [0.4, 0.5) is 5.69 Å². The first-order chi connectivity index (χ1) is 29.2. The van der Waals surface area contributed by atoms with Crippen LogP contribution in [0.3, 0.4) is 0 Å². The standard InChI is InChI=1S/C49H62N4O8/c1-9-31-22-32-25-48(45(56)59-8,40-34(16-20-52(26-31)27-32)33-14-11-12-15-37(33)50-40)36-23-35-38(24-39(36)58-7)51(6)43-47(35)18-21-53-19-13-17-46(10-2,42(47)53)44(61-30(5)54)49(43,57)28-60-41(55)29(3)4/h11-15,17,22-24,29,32,42-44,50,57H,9-10,16,18-21,25-28H2,1-8H3/t32-,42-,43+,44+,46+,47+,48-,49?/m0/s1. The molecule has 1 spiro atoms. The number of carbonyl (C=O) groups is 3. The van der Waals surface area contributed by atoms with Crippen molar-refractivity contribution in [2.24, 2.45) is 17.3 Å². The third-order valence-corrected chi connectivity index (χ3v) is 15.6. The van der Waals surface area contributed by atoms with Crippen molar-refractivity contribution in [3.63, 3.8) is 0 Å². The van der Waals surface area contributed by atoms with Crippen molar-refractivity contribution in [3.8, 4) is 5.75 Å². The largest absolute Gasteiger partial charge is 0.496 e. The van der Waals surface area contributed by atoms with E-state index in [2.05, 4.69) is 76.0 Å². The second kappa shape index (κ2) is 15.0. The molecule has 12 heteroatoms. The van der Waals surface area contributed by atoms with E-state index >= 15 is 4.79 Å². The molecule has 2 unspecified atom stereocenters. The van der Waals surface area contributed by atoms with Gasteiger partial charge in [-0.25, -0.2) is 0 Å². The number of rotatable bonds is 9. The molecule has 2 bridgehead atoms. The van der Waals surface area contributed by atoms with Crippen LogP contribution >= 0.6 is 0 Å². The highest BCUT2D eigenvalue weighted by atomic mass is 16.6. The van der Waals surface area contributed by atoms with Gasteiger partial charge in [-0.1, -0.05) is 69.7 Å². The van der Waals surface area contributed by atoms with E-state index in [-0.39, 0.29) is 24.5 Å². The fourth-order valence-electron chi connectivity index (χ4n) is 13.3. The highest BCUT2D eigenvalue weighted by Crippen LogP contribution is 2.68. The molecule has 1 aromatic heterocycles. The fraction of sp³-hybridized carbons (Fsp3) is 0.571. The van der Waals surface area contributed by atoms with Crippen molar-refractivity contribution >= 4 is 34.5 Å². The van der Waals surface area contributed by atoms with Crippen molar-refractivity contribution in [2.75, 3.05) is 65.5 Å². The van der Waals surface area contributed by atoms with Gasteiger partial charge >= 0.3 is 17.9 Å². The van der Waals surface area contributed by atoms with Crippen molar-refractivity contribution in [1.82, 2.24) is 14.8 Å². The van der Waals surface area contributed by atoms with Gasteiger partial charge in [0.05, 0.1) is 26.2 Å².